The molecule has 0 spiro atoms. The van der Waals surface area contributed by atoms with Gasteiger partial charge in [-0.15, -0.1) is 0 Å². The second-order valence-corrected chi connectivity index (χ2v) is 3.53. The monoisotopic (exact) mass is 233 g/mol. The fourth-order valence-corrected chi connectivity index (χ4v) is 1.43. The third-order valence-corrected chi connectivity index (χ3v) is 2.19. The first kappa shape index (κ1) is 11.1. The average molecular weight is 233 g/mol. The highest BCUT2D eigenvalue weighted by Gasteiger charge is 2.13. The molecule has 2 heterocycles. The number of ether oxygens (including phenoxy) is 1. The molecule has 0 fully saturated rings. The molecule has 2 rings (SSSR count). The van der Waals surface area contributed by atoms with Crippen molar-refractivity contribution in [2.24, 2.45) is 7.05 Å². The Balaban J connectivity index is 2.36. The number of aromatic nitrogens is 3. The Kier molecular flexibility index (Phi) is 2.78. The summed E-state index contributed by atoms with van der Waals surface area (Å²) in [5.41, 5.74) is 0.819. The molecule has 0 aliphatic heterocycles. The zero-order valence-electron chi connectivity index (χ0n) is 9.41. The van der Waals surface area contributed by atoms with Gasteiger partial charge in [0, 0.05) is 31.6 Å². The molecule has 0 unspecified atom stereocenters. The quantitative estimate of drug-likeness (QED) is 0.871. The summed E-state index contributed by atoms with van der Waals surface area (Å²) < 4.78 is 7.05. The van der Waals surface area contributed by atoms with Crippen molar-refractivity contribution in [1.82, 2.24) is 14.8 Å². The van der Waals surface area contributed by atoms with Crippen LogP contribution in [0.25, 0.3) is 0 Å². The molecule has 17 heavy (non-hydrogen) atoms. The van der Waals surface area contributed by atoms with Crippen molar-refractivity contribution in [3.63, 3.8) is 0 Å². The Hall–Kier alpha value is -2.37. The molecule has 0 radical (unpaired) electrons. The predicted octanol–water partition coefficient (Wildman–Crippen LogP) is 1.61. The predicted molar refractivity (Wildman–Crippen MR) is 59.2 cm³/mol. The number of aryl methyl sites for hydroxylation is 2. The summed E-state index contributed by atoms with van der Waals surface area (Å²) in [6.45, 7) is 1.83. The minimum atomic E-state index is -1.08. The van der Waals surface area contributed by atoms with Crippen LogP contribution in [0.4, 0.5) is 0 Å². The Morgan fingerprint density at radius 1 is 1.53 bits per heavy atom. The summed E-state index contributed by atoms with van der Waals surface area (Å²) in [7, 11) is 1.73. The lowest BCUT2D eigenvalue weighted by atomic mass is 10.2. The van der Waals surface area contributed by atoms with Crippen molar-refractivity contribution >= 4 is 5.97 Å². The summed E-state index contributed by atoms with van der Waals surface area (Å²) in [5.74, 6) is -0.348. The maximum Gasteiger partial charge on any atom is 0.341 e. The first-order valence-corrected chi connectivity index (χ1v) is 4.93. The number of hydrogen-bond donors (Lipinski definition) is 1. The van der Waals surface area contributed by atoms with Crippen LogP contribution in [-0.4, -0.2) is 25.8 Å². The van der Waals surface area contributed by atoms with Crippen molar-refractivity contribution in [3.8, 4) is 11.6 Å². The van der Waals surface area contributed by atoms with Crippen LogP contribution in [0.5, 0.6) is 11.6 Å². The molecule has 0 aromatic carbocycles. The molecular weight excluding hydrogens is 222 g/mol. The van der Waals surface area contributed by atoms with Gasteiger partial charge in [-0.2, -0.15) is 5.10 Å². The summed E-state index contributed by atoms with van der Waals surface area (Å²) in [5, 5.41) is 13.1. The maximum absolute atomic E-state index is 11.0. The van der Waals surface area contributed by atoms with Gasteiger partial charge in [0.25, 0.3) is 0 Å². The fourth-order valence-electron chi connectivity index (χ4n) is 1.43. The molecule has 6 nitrogen and oxygen atoms in total. The smallest absolute Gasteiger partial charge is 0.341 e. The van der Waals surface area contributed by atoms with Crippen molar-refractivity contribution in [3.05, 3.63) is 35.8 Å². The molecule has 1 N–H and O–H groups in total. The SMILES string of the molecule is Cc1cc(Oc2ccncc2C(=O)O)n(C)n1. The standard InChI is InChI=1S/C11H11N3O3/c1-7-5-10(14(2)13-7)17-9-3-4-12-6-8(9)11(15)16/h3-6H,1-2H3,(H,15,16). The topological polar surface area (TPSA) is 77.2 Å². The zero-order chi connectivity index (χ0) is 12.4. The molecule has 0 atom stereocenters. The van der Waals surface area contributed by atoms with E-state index in [1.165, 1.54) is 18.5 Å². The number of hydrogen-bond acceptors (Lipinski definition) is 4. The van der Waals surface area contributed by atoms with Gasteiger partial charge in [0.15, 0.2) is 0 Å². The minimum Gasteiger partial charge on any atom is -0.477 e. The number of carboxylic acids is 1. The number of carbonyl (C=O) groups is 1. The summed E-state index contributed by atoms with van der Waals surface area (Å²) in [6, 6.07) is 3.23. The van der Waals surface area contributed by atoms with Crippen molar-refractivity contribution < 1.29 is 14.6 Å². The molecular formula is C11H11N3O3. The first-order chi connectivity index (χ1) is 8.08. The van der Waals surface area contributed by atoms with Gasteiger partial charge in [0.05, 0.1) is 5.69 Å². The van der Waals surface area contributed by atoms with E-state index in [0.29, 0.717) is 5.88 Å². The van der Waals surface area contributed by atoms with E-state index in [1.807, 2.05) is 6.92 Å². The van der Waals surface area contributed by atoms with Gasteiger partial charge in [0.1, 0.15) is 11.3 Å². The molecule has 2 aromatic heterocycles. The third kappa shape index (κ3) is 2.25. The fraction of sp³-hybridized carbons (Fsp3) is 0.182. The average Bonchev–Trinajstić information content (AvgIpc) is 2.58. The highest BCUT2D eigenvalue weighted by Crippen LogP contribution is 2.24. The number of carboxylic acid groups (broad SMARTS) is 1. The largest absolute Gasteiger partial charge is 0.477 e. The Bertz CT molecular complexity index is 563. The first-order valence-electron chi connectivity index (χ1n) is 4.93. The van der Waals surface area contributed by atoms with Crippen LogP contribution in [-0.2, 0) is 7.05 Å². The van der Waals surface area contributed by atoms with E-state index in [4.69, 9.17) is 9.84 Å². The van der Waals surface area contributed by atoms with Crippen LogP contribution >= 0.6 is 0 Å². The zero-order valence-corrected chi connectivity index (χ0v) is 9.41. The van der Waals surface area contributed by atoms with E-state index < -0.39 is 5.97 Å². The van der Waals surface area contributed by atoms with Gasteiger partial charge in [-0.05, 0) is 6.92 Å². The highest BCUT2D eigenvalue weighted by molar-refractivity contribution is 5.90. The van der Waals surface area contributed by atoms with Crippen molar-refractivity contribution in [2.75, 3.05) is 0 Å². The molecule has 2 aromatic rings. The van der Waals surface area contributed by atoms with Crippen molar-refractivity contribution in [1.29, 1.82) is 0 Å². The molecule has 88 valence electrons. The van der Waals surface area contributed by atoms with E-state index in [9.17, 15) is 4.79 Å². The van der Waals surface area contributed by atoms with E-state index in [-0.39, 0.29) is 11.3 Å². The molecule has 0 aliphatic carbocycles. The van der Waals surface area contributed by atoms with Crippen LogP contribution in [0, 0.1) is 6.92 Å². The second kappa shape index (κ2) is 4.25. The van der Waals surface area contributed by atoms with Gasteiger partial charge < -0.3 is 9.84 Å². The van der Waals surface area contributed by atoms with Crippen LogP contribution in [0.1, 0.15) is 16.1 Å². The minimum absolute atomic E-state index is 0.0198. The van der Waals surface area contributed by atoms with Gasteiger partial charge in [0.2, 0.25) is 5.88 Å². The third-order valence-electron chi connectivity index (χ3n) is 2.19. The van der Waals surface area contributed by atoms with Gasteiger partial charge >= 0.3 is 5.97 Å². The molecule has 0 bridgehead atoms. The second-order valence-electron chi connectivity index (χ2n) is 3.53. The summed E-state index contributed by atoms with van der Waals surface area (Å²) in [6.07, 6.45) is 2.73. The van der Waals surface area contributed by atoms with Gasteiger partial charge in [-0.3, -0.25) is 4.98 Å². The highest BCUT2D eigenvalue weighted by atomic mass is 16.5. The lowest BCUT2D eigenvalue weighted by Crippen LogP contribution is -2.02. The molecule has 0 amide bonds. The summed E-state index contributed by atoms with van der Waals surface area (Å²) >= 11 is 0. The number of nitrogens with zero attached hydrogens (tertiary/aromatic N) is 3. The Labute approximate surface area is 97.5 Å². The number of aromatic carboxylic acids is 1. The van der Waals surface area contributed by atoms with E-state index in [2.05, 4.69) is 10.1 Å². The van der Waals surface area contributed by atoms with Gasteiger partial charge in [-0.1, -0.05) is 0 Å². The van der Waals surface area contributed by atoms with E-state index in [1.54, 1.807) is 17.8 Å². The number of rotatable bonds is 3. The van der Waals surface area contributed by atoms with Crippen LogP contribution < -0.4 is 4.74 Å². The molecule has 0 aliphatic rings. The van der Waals surface area contributed by atoms with E-state index in [0.717, 1.165) is 5.69 Å². The van der Waals surface area contributed by atoms with E-state index >= 15 is 0 Å². The maximum atomic E-state index is 11.0. The van der Waals surface area contributed by atoms with Crippen molar-refractivity contribution in [2.45, 2.75) is 6.92 Å². The molecule has 0 saturated carbocycles. The Morgan fingerprint density at radius 3 is 2.88 bits per heavy atom. The van der Waals surface area contributed by atoms with Crippen LogP contribution in [0.2, 0.25) is 0 Å². The normalized spacial score (nSPS) is 10.2. The Morgan fingerprint density at radius 2 is 2.29 bits per heavy atom. The summed E-state index contributed by atoms with van der Waals surface area (Å²) in [4.78, 5) is 14.7. The number of pyridine rings is 1. The molecule has 6 heteroatoms. The molecule has 0 saturated heterocycles. The lowest BCUT2D eigenvalue weighted by Gasteiger charge is -2.07. The lowest BCUT2D eigenvalue weighted by molar-refractivity contribution is 0.0693. The van der Waals surface area contributed by atoms with Crippen LogP contribution in [0.3, 0.4) is 0 Å². The van der Waals surface area contributed by atoms with Gasteiger partial charge in [-0.25, -0.2) is 9.48 Å². The van der Waals surface area contributed by atoms with Crippen LogP contribution in [0.15, 0.2) is 24.5 Å².